The Morgan fingerprint density at radius 2 is 1.71 bits per heavy atom. The minimum absolute atomic E-state index is 0.121. The summed E-state index contributed by atoms with van der Waals surface area (Å²) in [5, 5.41) is 4.99. The number of halogens is 2. The maximum absolute atomic E-state index is 12.0. The van der Waals surface area contributed by atoms with Gasteiger partial charge in [0.1, 0.15) is 23.7 Å². The second-order valence-electron chi connectivity index (χ2n) is 5.72. The molecule has 0 unspecified atom stereocenters. The first kappa shape index (κ1) is 19.7. The van der Waals surface area contributed by atoms with Gasteiger partial charge in [-0.25, -0.2) is 4.79 Å². The lowest BCUT2D eigenvalue weighted by atomic mass is 10.1. The van der Waals surface area contributed by atoms with Gasteiger partial charge in [0, 0.05) is 27.2 Å². The number of ether oxygens (including phenoxy) is 2. The Kier molecular flexibility index (Phi) is 5.87. The maximum Gasteiger partial charge on any atom is 0.328 e. The van der Waals surface area contributed by atoms with E-state index in [0.717, 1.165) is 0 Å². The number of urea groups is 1. The van der Waals surface area contributed by atoms with E-state index in [1.165, 1.54) is 13.2 Å². The molecule has 0 aromatic heterocycles. The van der Waals surface area contributed by atoms with Crippen molar-refractivity contribution in [2.45, 2.75) is 6.61 Å². The van der Waals surface area contributed by atoms with E-state index in [1.54, 1.807) is 36.4 Å². The van der Waals surface area contributed by atoms with Crippen LogP contribution >= 0.6 is 23.2 Å². The van der Waals surface area contributed by atoms with Crippen molar-refractivity contribution in [1.29, 1.82) is 0 Å². The van der Waals surface area contributed by atoms with E-state index in [0.29, 0.717) is 32.7 Å². The minimum atomic E-state index is -0.865. The number of amides is 4. The van der Waals surface area contributed by atoms with Gasteiger partial charge >= 0.3 is 6.03 Å². The van der Waals surface area contributed by atoms with Crippen LogP contribution in [0.4, 0.5) is 4.79 Å². The van der Waals surface area contributed by atoms with Crippen molar-refractivity contribution >= 4 is 47.1 Å². The monoisotopic (exact) mass is 420 g/mol. The van der Waals surface area contributed by atoms with Crippen LogP contribution in [0.3, 0.4) is 0 Å². The zero-order valence-electron chi connectivity index (χ0n) is 14.5. The van der Waals surface area contributed by atoms with Crippen molar-refractivity contribution in [1.82, 2.24) is 10.6 Å². The van der Waals surface area contributed by atoms with Gasteiger partial charge in [-0.1, -0.05) is 29.3 Å². The molecule has 28 heavy (non-hydrogen) atoms. The first-order valence-corrected chi connectivity index (χ1v) is 8.76. The van der Waals surface area contributed by atoms with Crippen LogP contribution in [0.2, 0.25) is 10.0 Å². The zero-order valence-corrected chi connectivity index (χ0v) is 16.1. The highest BCUT2D eigenvalue weighted by atomic mass is 35.5. The van der Waals surface area contributed by atoms with Crippen molar-refractivity contribution in [3.63, 3.8) is 0 Å². The molecule has 0 spiro atoms. The Morgan fingerprint density at radius 1 is 1.00 bits per heavy atom. The van der Waals surface area contributed by atoms with E-state index in [2.05, 4.69) is 0 Å². The van der Waals surface area contributed by atoms with Gasteiger partial charge in [-0.15, -0.1) is 0 Å². The van der Waals surface area contributed by atoms with Gasteiger partial charge in [0.2, 0.25) is 0 Å². The van der Waals surface area contributed by atoms with E-state index in [-0.39, 0.29) is 12.2 Å². The molecule has 0 saturated carbocycles. The van der Waals surface area contributed by atoms with Gasteiger partial charge in [-0.3, -0.25) is 20.2 Å². The molecule has 7 nitrogen and oxygen atoms in total. The third-order valence-corrected chi connectivity index (χ3v) is 4.45. The number of hydrogen-bond donors (Lipinski definition) is 2. The smallest absolute Gasteiger partial charge is 0.328 e. The minimum Gasteiger partial charge on any atom is -0.497 e. The maximum atomic E-state index is 12.0. The number of carbonyl (C=O) groups is 3. The largest absolute Gasteiger partial charge is 0.497 e. The lowest BCUT2D eigenvalue weighted by molar-refractivity contribution is -0.123. The molecule has 0 aliphatic carbocycles. The fourth-order valence-electron chi connectivity index (χ4n) is 2.44. The molecule has 2 aromatic carbocycles. The Bertz CT molecular complexity index is 982. The van der Waals surface area contributed by atoms with Gasteiger partial charge in [0.15, 0.2) is 0 Å². The van der Waals surface area contributed by atoms with Crippen LogP contribution in [-0.2, 0) is 16.2 Å². The average molecular weight is 421 g/mol. The van der Waals surface area contributed by atoms with Crippen molar-refractivity contribution in [2.24, 2.45) is 0 Å². The first-order valence-electron chi connectivity index (χ1n) is 8.00. The van der Waals surface area contributed by atoms with Crippen LogP contribution < -0.4 is 20.1 Å². The van der Waals surface area contributed by atoms with Crippen molar-refractivity contribution in [2.75, 3.05) is 7.11 Å². The summed E-state index contributed by atoms with van der Waals surface area (Å²) in [4.78, 5) is 35.1. The van der Waals surface area contributed by atoms with Crippen LogP contribution in [0.1, 0.15) is 11.1 Å². The predicted molar refractivity (Wildman–Crippen MR) is 103 cm³/mol. The van der Waals surface area contributed by atoms with Gasteiger partial charge < -0.3 is 9.47 Å². The molecule has 4 amide bonds. The molecule has 1 fully saturated rings. The number of nitrogens with one attached hydrogen (secondary N) is 2. The van der Waals surface area contributed by atoms with Gasteiger partial charge in [-0.05, 0) is 30.3 Å². The Morgan fingerprint density at radius 3 is 2.36 bits per heavy atom. The summed E-state index contributed by atoms with van der Waals surface area (Å²) in [6, 6.07) is 9.05. The fourth-order valence-corrected chi connectivity index (χ4v) is 2.91. The van der Waals surface area contributed by atoms with Gasteiger partial charge in [-0.2, -0.15) is 0 Å². The molecule has 144 valence electrons. The highest BCUT2D eigenvalue weighted by molar-refractivity contribution is 6.35. The number of benzene rings is 2. The van der Waals surface area contributed by atoms with Crippen molar-refractivity contribution in [3.05, 3.63) is 63.1 Å². The Labute approximate surface area is 170 Å². The molecule has 2 N–H and O–H groups in total. The quantitative estimate of drug-likeness (QED) is 0.571. The molecule has 1 aliphatic heterocycles. The van der Waals surface area contributed by atoms with E-state index in [4.69, 9.17) is 32.7 Å². The standard InChI is InChI=1S/C19H14Cl2N2O5/c1-27-13-5-3-10(6-14-17(24)22-19(26)23-18(14)25)16(8-13)28-9-11-2-4-12(20)7-15(11)21/h2-8H,9H2,1H3,(H2,22,23,24,25,26). The summed E-state index contributed by atoms with van der Waals surface area (Å²) in [5.41, 5.74) is 0.922. The highest BCUT2D eigenvalue weighted by Gasteiger charge is 2.28. The highest BCUT2D eigenvalue weighted by Crippen LogP contribution is 2.29. The Hall–Kier alpha value is -3.03. The third kappa shape index (κ3) is 4.44. The molecule has 0 radical (unpaired) electrons. The molecule has 1 aliphatic rings. The summed E-state index contributed by atoms with van der Waals surface area (Å²) in [6.07, 6.45) is 1.33. The fraction of sp³-hybridized carbons (Fsp3) is 0.105. The molecule has 2 aromatic rings. The number of barbiturate groups is 1. The topological polar surface area (TPSA) is 93.7 Å². The lowest BCUT2D eigenvalue weighted by Gasteiger charge is -2.16. The first-order chi connectivity index (χ1) is 13.4. The van der Waals surface area contributed by atoms with Gasteiger partial charge in [0.05, 0.1) is 7.11 Å². The van der Waals surface area contributed by atoms with E-state index < -0.39 is 17.8 Å². The van der Waals surface area contributed by atoms with E-state index in [9.17, 15) is 14.4 Å². The summed E-state index contributed by atoms with van der Waals surface area (Å²) in [7, 11) is 1.50. The van der Waals surface area contributed by atoms with Crippen LogP contribution in [0.15, 0.2) is 42.0 Å². The average Bonchev–Trinajstić information content (AvgIpc) is 2.64. The molecular formula is C19H14Cl2N2O5. The molecule has 1 saturated heterocycles. The summed E-state index contributed by atoms with van der Waals surface area (Å²) < 4.78 is 11.0. The summed E-state index contributed by atoms with van der Waals surface area (Å²) in [6.45, 7) is 0.121. The number of methoxy groups -OCH3 is 1. The SMILES string of the molecule is COc1ccc(C=C2C(=O)NC(=O)NC2=O)c(OCc2ccc(Cl)cc2Cl)c1. The predicted octanol–water partition coefficient (Wildman–Crippen LogP) is 3.33. The molecule has 1 heterocycles. The second kappa shape index (κ2) is 8.33. The van der Waals surface area contributed by atoms with Crippen molar-refractivity contribution < 1.29 is 23.9 Å². The van der Waals surface area contributed by atoms with Crippen LogP contribution in [0.25, 0.3) is 6.08 Å². The second-order valence-corrected chi connectivity index (χ2v) is 6.57. The van der Waals surface area contributed by atoms with Crippen molar-refractivity contribution in [3.8, 4) is 11.5 Å². The van der Waals surface area contributed by atoms with Crippen LogP contribution in [0.5, 0.6) is 11.5 Å². The normalized spacial score (nSPS) is 13.7. The number of carbonyl (C=O) groups excluding carboxylic acids is 3. The molecule has 0 bridgehead atoms. The number of rotatable bonds is 5. The van der Waals surface area contributed by atoms with E-state index in [1.807, 2.05) is 10.6 Å². The molecule has 9 heteroatoms. The lowest BCUT2D eigenvalue weighted by Crippen LogP contribution is -2.51. The summed E-state index contributed by atoms with van der Waals surface area (Å²) in [5.74, 6) is -0.713. The summed E-state index contributed by atoms with van der Waals surface area (Å²) >= 11 is 12.1. The zero-order chi connectivity index (χ0) is 20.3. The third-order valence-electron chi connectivity index (χ3n) is 3.86. The molecule has 3 rings (SSSR count). The number of imide groups is 2. The van der Waals surface area contributed by atoms with E-state index >= 15 is 0 Å². The van der Waals surface area contributed by atoms with Crippen LogP contribution in [0, 0.1) is 0 Å². The van der Waals surface area contributed by atoms with Gasteiger partial charge in [0.25, 0.3) is 11.8 Å². The Balaban J connectivity index is 1.92. The van der Waals surface area contributed by atoms with Crippen LogP contribution in [-0.4, -0.2) is 25.0 Å². The molecular weight excluding hydrogens is 407 g/mol. The number of hydrogen-bond acceptors (Lipinski definition) is 5. The molecule has 0 atom stereocenters.